The highest BCUT2D eigenvalue weighted by Crippen LogP contribution is 2.16. The molecule has 0 aliphatic rings. The summed E-state index contributed by atoms with van der Waals surface area (Å²) in [5, 5.41) is 0. The monoisotopic (exact) mass is 337 g/mol. The van der Waals surface area contributed by atoms with Crippen LogP contribution in [0.25, 0.3) is 0 Å². The molecule has 0 bridgehead atoms. The predicted octanol–water partition coefficient (Wildman–Crippen LogP) is 3.67. The molecule has 1 aromatic carbocycles. The fourth-order valence-electron chi connectivity index (χ4n) is 1.94. The number of rotatable bonds is 7. The molecule has 0 aliphatic carbocycles. The summed E-state index contributed by atoms with van der Waals surface area (Å²) in [4.78, 5) is 12.9. The normalized spacial score (nSPS) is 14.1. The lowest BCUT2D eigenvalue weighted by Gasteiger charge is -2.24. The van der Waals surface area contributed by atoms with E-state index in [-0.39, 0.29) is 6.04 Å². The Balaban J connectivity index is 2.81. The Morgan fingerprint density at radius 2 is 1.87 bits per heavy atom. The number of hydrogen-bond acceptors (Lipinski definition) is 3. The zero-order valence-corrected chi connectivity index (χ0v) is 15.5. The maximum atomic E-state index is 12.5. The van der Waals surface area contributed by atoms with Gasteiger partial charge in [0, 0.05) is 5.57 Å². The molecule has 23 heavy (non-hydrogen) atoms. The molecule has 1 rings (SSSR count). The van der Waals surface area contributed by atoms with Crippen LogP contribution in [0.4, 0.5) is 0 Å². The predicted molar refractivity (Wildman–Crippen MR) is 94.4 cm³/mol. The molecule has 0 heterocycles. The Hall–Kier alpha value is -1.46. The molecule has 0 saturated heterocycles. The summed E-state index contributed by atoms with van der Waals surface area (Å²) in [5.41, 5.74) is 0.837. The van der Waals surface area contributed by atoms with Crippen molar-refractivity contribution in [3.63, 3.8) is 0 Å². The second-order valence-electron chi connectivity index (χ2n) is 6.57. The van der Waals surface area contributed by atoms with E-state index in [0.29, 0.717) is 16.9 Å². The van der Waals surface area contributed by atoms with E-state index in [9.17, 15) is 9.00 Å². The van der Waals surface area contributed by atoms with Crippen LogP contribution in [0.2, 0.25) is 0 Å². The molecule has 0 unspecified atom stereocenters. The van der Waals surface area contributed by atoms with E-state index in [0.717, 1.165) is 12.0 Å². The molecule has 4 nitrogen and oxygen atoms in total. The van der Waals surface area contributed by atoms with E-state index in [1.165, 1.54) is 0 Å². The average molecular weight is 337 g/mol. The van der Waals surface area contributed by atoms with Crippen LogP contribution < -0.4 is 4.72 Å². The average Bonchev–Trinajstić information content (AvgIpc) is 2.44. The largest absolute Gasteiger partial charge is 0.457 e. The fourth-order valence-corrected chi connectivity index (χ4v) is 2.98. The van der Waals surface area contributed by atoms with Crippen LogP contribution in [-0.4, -0.2) is 21.8 Å². The molecule has 0 fully saturated rings. The molecule has 0 spiro atoms. The molecular weight excluding hydrogens is 310 g/mol. The summed E-state index contributed by atoms with van der Waals surface area (Å²) < 4.78 is 20.8. The van der Waals surface area contributed by atoms with Crippen molar-refractivity contribution in [3.05, 3.63) is 42.0 Å². The first kappa shape index (κ1) is 19.6. The van der Waals surface area contributed by atoms with Crippen molar-refractivity contribution in [2.45, 2.75) is 64.0 Å². The van der Waals surface area contributed by atoms with Crippen LogP contribution in [0, 0.1) is 6.92 Å². The van der Waals surface area contributed by atoms with Gasteiger partial charge in [-0.2, -0.15) is 0 Å². The van der Waals surface area contributed by atoms with E-state index in [4.69, 9.17) is 4.74 Å². The number of hydrogen-bond donors (Lipinski definition) is 1. The third-order valence-corrected chi connectivity index (χ3v) is 4.34. The van der Waals surface area contributed by atoms with Gasteiger partial charge in [-0.15, -0.1) is 0 Å². The van der Waals surface area contributed by atoms with Gasteiger partial charge in [0.25, 0.3) is 0 Å². The van der Waals surface area contributed by atoms with Gasteiger partial charge in [0.2, 0.25) is 0 Å². The highest BCUT2D eigenvalue weighted by molar-refractivity contribution is 7.83. The van der Waals surface area contributed by atoms with Crippen LogP contribution in [0.5, 0.6) is 0 Å². The second-order valence-corrected chi connectivity index (χ2v) is 7.81. The van der Waals surface area contributed by atoms with Gasteiger partial charge in [-0.3, -0.25) is 0 Å². The van der Waals surface area contributed by atoms with Crippen molar-refractivity contribution in [3.8, 4) is 0 Å². The van der Waals surface area contributed by atoms with Gasteiger partial charge in [0.15, 0.2) is 0 Å². The number of carbonyl (C=O) groups is 1. The van der Waals surface area contributed by atoms with Gasteiger partial charge in [-0.25, -0.2) is 13.7 Å². The summed E-state index contributed by atoms with van der Waals surface area (Å²) in [6, 6.07) is 7.07. The van der Waals surface area contributed by atoms with Crippen molar-refractivity contribution in [2.75, 3.05) is 0 Å². The SMILES string of the molecule is C=C(C(=O)OC(C)(C)C)[C@H](CCC)N[S@@](=O)c1ccc(C)cc1. The third kappa shape index (κ3) is 6.67. The summed E-state index contributed by atoms with van der Waals surface area (Å²) >= 11 is 0. The lowest BCUT2D eigenvalue weighted by molar-refractivity contribution is -0.150. The third-order valence-electron chi connectivity index (χ3n) is 3.14. The van der Waals surface area contributed by atoms with Crippen LogP contribution >= 0.6 is 0 Å². The van der Waals surface area contributed by atoms with E-state index in [1.54, 1.807) is 0 Å². The van der Waals surface area contributed by atoms with Gasteiger partial charge >= 0.3 is 5.97 Å². The van der Waals surface area contributed by atoms with E-state index in [2.05, 4.69) is 11.3 Å². The summed E-state index contributed by atoms with van der Waals surface area (Å²) in [7, 11) is -1.40. The molecule has 5 heteroatoms. The summed E-state index contributed by atoms with van der Waals surface area (Å²) in [5.74, 6) is -0.454. The van der Waals surface area contributed by atoms with Crippen molar-refractivity contribution in [2.24, 2.45) is 0 Å². The molecule has 0 radical (unpaired) electrons. The Morgan fingerprint density at radius 3 is 2.35 bits per heavy atom. The Morgan fingerprint density at radius 1 is 1.30 bits per heavy atom. The lowest BCUT2D eigenvalue weighted by Crippen LogP contribution is -2.37. The van der Waals surface area contributed by atoms with E-state index >= 15 is 0 Å². The highest BCUT2D eigenvalue weighted by Gasteiger charge is 2.25. The Bertz CT molecular complexity index is 573. The van der Waals surface area contributed by atoms with Crippen LogP contribution in [0.1, 0.15) is 46.1 Å². The molecule has 128 valence electrons. The number of esters is 1. The zero-order chi connectivity index (χ0) is 17.6. The van der Waals surface area contributed by atoms with Crippen molar-refractivity contribution < 1.29 is 13.7 Å². The molecule has 0 saturated carbocycles. The molecule has 1 aromatic rings. The smallest absolute Gasteiger partial charge is 0.335 e. The van der Waals surface area contributed by atoms with Crippen molar-refractivity contribution in [1.29, 1.82) is 0 Å². The Kier molecular flexibility index (Phi) is 7.16. The first-order valence-corrected chi connectivity index (χ1v) is 8.95. The minimum absolute atomic E-state index is 0.308. The van der Waals surface area contributed by atoms with Gasteiger partial charge < -0.3 is 4.74 Å². The zero-order valence-electron chi connectivity index (χ0n) is 14.6. The van der Waals surface area contributed by atoms with Gasteiger partial charge in [-0.1, -0.05) is 37.6 Å². The first-order valence-electron chi connectivity index (χ1n) is 7.80. The minimum Gasteiger partial charge on any atom is -0.457 e. The lowest BCUT2D eigenvalue weighted by atomic mass is 10.0. The highest BCUT2D eigenvalue weighted by atomic mass is 32.2. The number of nitrogens with one attached hydrogen (secondary N) is 1. The van der Waals surface area contributed by atoms with E-state index in [1.807, 2.05) is 58.9 Å². The summed E-state index contributed by atoms with van der Waals surface area (Å²) in [6.45, 7) is 13.3. The standard InChI is InChI=1S/C18H27NO3S/c1-7-8-16(14(3)17(20)22-18(4,5)6)19-23(21)15-11-9-13(2)10-12-15/h9-12,16,19H,3,7-8H2,1-2,4-6H3/t16-,23-/m0/s1. The quantitative estimate of drug-likeness (QED) is 0.610. The van der Waals surface area contributed by atoms with E-state index < -0.39 is 22.6 Å². The second kappa shape index (κ2) is 8.41. The van der Waals surface area contributed by atoms with Crippen molar-refractivity contribution >= 4 is 17.0 Å². The van der Waals surface area contributed by atoms with Crippen molar-refractivity contribution in [1.82, 2.24) is 4.72 Å². The van der Waals surface area contributed by atoms with Crippen LogP contribution in [-0.2, 0) is 20.5 Å². The molecule has 1 N–H and O–H groups in total. The molecule has 0 aromatic heterocycles. The van der Waals surface area contributed by atoms with Crippen LogP contribution in [0.3, 0.4) is 0 Å². The summed E-state index contributed by atoms with van der Waals surface area (Å²) in [6.07, 6.45) is 1.50. The fraction of sp³-hybridized carbons (Fsp3) is 0.500. The minimum atomic E-state index is -1.40. The molecule has 2 atom stereocenters. The Labute approximate surface area is 141 Å². The first-order chi connectivity index (χ1) is 10.6. The van der Waals surface area contributed by atoms with Gasteiger partial charge in [-0.05, 0) is 46.2 Å². The topological polar surface area (TPSA) is 55.4 Å². The number of carbonyl (C=O) groups excluding carboxylic acids is 1. The molecular formula is C18H27NO3S. The molecule has 0 amide bonds. The van der Waals surface area contributed by atoms with Gasteiger partial charge in [0.05, 0.1) is 10.9 Å². The number of ether oxygens (including phenoxy) is 1. The number of benzene rings is 1. The van der Waals surface area contributed by atoms with Crippen LogP contribution in [0.15, 0.2) is 41.3 Å². The molecule has 0 aliphatic heterocycles. The maximum Gasteiger partial charge on any atom is 0.335 e. The number of aryl methyl sites for hydroxylation is 1. The maximum absolute atomic E-state index is 12.5. The van der Waals surface area contributed by atoms with Gasteiger partial charge in [0.1, 0.15) is 16.6 Å².